The highest BCUT2D eigenvalue weighted by molar-refractivity contribution is 8.00. The summed E-state index contributed by atoms with van der Waals surface area (Å²) in [5.74, 6) is 0.480. The smallest absolute Gasteiger partial charge is 0.266 e. The van der Waals surface area contributed by atoms with Gasteiger partial charge >= 0.3 is 0 Å². The largest absolute Gasteiger partial charge is 0.496 e. The second kappa shape index (κ2) is 10.3. The van der Waals surface area contributed by atoms with Crippen molar-refractivity contribution < 1.29 is 9.53 Å². The lowest BCUT2D eigenvalue weighted by Crippen LogP contribution is -2.26. The third-order valence-corrected chi connectivity index (χ3v) is 7.34. The van der Waals surface area contributed by atoms with Gasteiger partial charge in [0.1, 0.15) is 5.75 Å². The van der Waals surface area contributed by atoms with E-state index in [1.54, 1.807) is 30.7 Å². The zero-order valence-electron chi connectivity index (χ0n) is 19.5. The van der Waals surface area contributed by atoms with Crippen LogP contribution >= 0.6 is 23.1 Å². The van der Waals surface area contributed by atoms with Gasteiger partial charge in [-0.3, -0.25) is 14.2 Å². The molecule has 1 amide bonds. The number of anilines is 1. The zero-order valence-corrected chi connectivity index (χ0v) is 21.2. The Morgan fingerprint density at radius 1 is 1.00 bits per heavy atom. The molecule has 0 aliphatic heterocycles. The van der Waals surface area contributed by atoms with Gasteiger partial charge in [0.2, 0.25) is 5.91 Å². The topological polar surface area (TPSA) is 86.1 Å². The first-order chi connectivity index (χ1) is 17.5. The van der Waals surface area contributed by atoms with Gasteiger partial charge in [-0.15, -0.1) is 11.3 Å². The van der Waals surface area contributed by atoms with E-state index in [1.807, 2.05) is 72.1 Å². The van der Waals surface area contributed by atoms with Crippen LogP contribution in [0.4, 0.5) is 5.13 Å². The molecule has 5 aromatic rings. The number of thioether (sulfide) groups is 1. The van der Waals surface area contributed by atoms with Crippen molar-refractivity contribution in [2.45, 2.75) is 17.3 Å². The summed E-state index contributed by atoms with van der Waals surface area (Å²) in [6.45, 7) is 1.78. The summed E-state index contributed by atoms with van der Waals surface area (Å²) < 4.78 is 6.98. The number of carbonyl (C=O) groups excluding carboxylic acids is 1. The number of nitrogens with one attached hydrogen (secondary N) is 1. The summed E-state index contributed by atoms with van der Waals surface area (Å²) >= 11 is 2.57. The monoisotopic (exact) mass is 514 g/mol. The van der Waals surface area contributed by atoms with E-state index < -0.39 is 5.25 Å². The van der Waals surface area contributed by atoms with E-state index in [4.69, 9.17) is 9.72 Å². The van der Waals surface area contributed by atoms with E-state index in [2.05, 4.69) is 10.3 Å². The molecule has 9 heteroatoms. The minimum Gasteiger partial charge on any atom is -0.496 e. The lowest BCUT2D eigenvalue weighted by Gasteiger charge is -2.16. The minimum absolute atomic E-state index is 0.178. The first-order valence-electron chi connectivity index (χ1n) is 11.2. The van der Waals surface area contributed by atoms with Crippen LogP contribution in [-0.4, -0.2) is 32.8 Å². The third-order valence-electron chi connectivity index (χ3n) is 5.53. The quantitative estimate of drug-likeness (QED) is 0.224. The van der Waals surface area contributed by atoms with Crippen LogP contribution in [0.1, 0.15) is 6.92 Å². The molecule has 2 heterocycles. The van der Waals surface area contributed by atoms with Crippen LogP contribution in [0, 0.1) is 0 Å². The number of fused-ring (bicyclic) bond motifs is 1. The molecule has 0 bridgehead atoms. The summed E-state index contributed by atoms with van der Waals surface area (Å²) in [7, 11) is 1.61. The maximum atomic E-state index is 13.4. The van der Waals surface area contributed by atoms with Crippen LogP contribution in [0.3, 0.4) is 0 Å². The lowest BCUT2D eigenvalue weighted by atomic mass is 10.1. The molecule has 1 N–H and O–H groups in total. The highest BCUT2D eigenvalue weighted by atomic mass is 32.2. The maximum absolute atomic E-state index is 13.4. The molecule has 180 valence electrons. The van der Waals surface area contributed by atoms with Gasteiger partial charge in [-0.25, -0.2) is 9.97 Å². The van der Waals surface area contributed by atoms with Crippen LogP contribution in [0.15, 0.2) is 94.2 Å². The summed E-state index contributed by atoms with van der Waals surface area (Å²) in [5, 5.41) is 5.69. The molecule has 0 aliphatic rings. The normalized spacial score (nSPS) is 11.8. The van der Waals surface area contributed by atoms with Crippen LogP contribution in [0.2, 0.25) is 0 Å². The van der Waals surface area contributed by atoms with Gasteiger partial charge in [0.05, 0.1) is 34.6 Å². The number of para-hydroxylation sites is 3. The zero-order chi connectivity index (χ0) is 25.1. The Morgan fingerprint density at radius 3 is 2.53 bits per heavy atom. The minimum atomic E-state index is -0.536. The number of ether oxygens (including phenoxy) is 1. The van der Waals surface area contributed by atoms with Crippen molar-refractivity contribution in [2.75, 3.05) is 12.4 Å². The number of rotatable bonds is 7. The second-order valence-corrected chi connectivity index (χ2v) is 10.0. The van der Waals surface area contributed by atoms with E-state index >= 15 is 0 Å². The number of thiazole rings is 1. The number of aromatic nitrogens is 3. The van der Waals surface area contributed by atoms with Crippen molar-refractivity contribution in [1.29, 1.82) is 0 Å². The molecule has 7 nitrogen and oxygen atoms in total. The average Bonchev–Trinajstić information content (AvgIpc) is 3.37. The molecule has 0 radical (unpaired) electrons. The molecule has 1 unspecified atom stereocenters. The Morgan fingerprint density at radius 2 is 1.72 bits per heavy atom. The molecule has 0 spiro atoms. The van der Waals surface area contributed by atoms with Crippen LogP contribution in [0.25, 0.3) is 27.8 Å². The summed E-state index contributed by atoms with van der Waals surface area (Å²) in [4.78, 5) is 35.7. The predicted octanol–water partition coefficient (Wildman–Crippen LogP) is 5.64. The van der Waals surface area contributed by atoms with E-state index in [0.717, 1.165) is 11.3 Å². The predicted molar refractivity (Wildman–Crippen MR) is 145 cm³/mol. The van der Waals surface area contributed by atoms with Crippen molar-refractivity contribution in [3.8, 4) is 22.7 Å². The molecular weight excluding hydrogens is 492 g/mol. The van der Waals surface area contributed by atoms with Crippen LogP contribution in [0.5, 0.6) is 5.75 Å². The molecule has 2 aromatic heterocycles. The van der Waals surface area contributed by atoms with E-state index in [1.165, 1.54) is 23.1 Å². The fourth-order valence-corrected chi connectivity index (χ4v) is 5.37. The van der Waals surface area contributed by atoms with Crippen LogP contribution < -0.4 is 15.6 Å². The molecule has 36 heavy (non-hydrogen) atoms. The fourth-order valence-electron chi connectivity index (χ4n) is 3.73. The van der Waals surface area contributed by atoms with E-state index in [9.17, 15) is 9.59 Å². The molecule has 0 saturated carbocycles. The van der Waals surface area contributed by atoms with Gasteiger partial charge in [-0.1, -0.05) is 54.2 Å². The molecular formula is C27H22N4O3S2. The van der Waals surface area contributed by atoms with Crippen LogP contribution in [-0.2, 0) is 4.79 Å². The number of carbonyl (C=O) groups is 1. The SMILES string of the molecule is COc1ccccc1-c1csc(NC(=O)C(C)Sc2nc3ccccc3c(=O)n2-c2ccccc2)n1. The molecule has 0 saturated heterocycles. The highest BCUT2D eigenvalue weighted by Crippen LogP contribution is 2.32. The summed E-state index contributed by atoms with van der Waals surface area (Å²) in [5.41, 5.74) is 2.68. The van der Waals surface area contributed by atoms with Crippen molar-refractivity contribution in [1.82, 2.24) is 14.5 Å². The third kappa shape index (κ3) is 4.75. The van der Waals surface area contributed by atoms with Gasteiger partial charge in [0.25, 0.3) is 5.56 Å². The van der Waals surface area contributed by atoms with E-state index in [-0.39, 0.29) is 11.5 Å². The van der Waals surface area contributed by atoms with Crippen molar-refractivity contribution >= 4 is 45.0 Å². The van der Waals surface area contributed by atoms with E-state index in [0.29, 0.717) is 32.6 Å². The molecule has 1 atom stereocenters. The van der Waals surface area contributed by atoms with Gasteiger partial charge in [0, 0.05) is 10.9 Å². The molecule has 5 rings (SSSR count). The fraction of sp³-hybridized carbons (Fsp3) is 0.111. The Balaban J connectivity index is 1.41. The van der Waals surface area contributed by atoms with Gasteiger partial charge < -0.3 is 10.1 Å². The number of hydrogen-bond acceptors (Lipinski definition) is 7. The maximum Gasteiger partial charge on any atom is 0.266 e. The number of hydrogen-bond donors (Lipinski definition) is 1. The van der Waals surface area contributed by atoms with Gasteiger partial charge in [-0.2, -0.15) is 0 Å². The molecule has 0 aliphatic carbocycles. The summed E-state index contributed by atoms with van der Waals surface area (Å²) in [6, 6.07) is 24.1. The van der Waals surface area contributed by atoms with Crippen molar-refractivity contribution in [3.63, 3.8) is 0 Å². The summed E-state index contributed by atoms with van der Waals surface area (Å²) in [6.07, 6.45) is 0. The Hall–Kier alpha value is -3.95. The molecule has 3 aromatic carbocycles. The number of methoxy groups -OCH3 is 1. The first-order valence-corrected chi connectivity index (χ1v) is 12.9. The van der Waals surface area contributed by atoms with Gasteiger partial charge in [0.15, 0.2) is 10.3 Å². The lowest BCUT2D eigenvalue weighted by molar-refractivity contribution is -0.115. The van der Waals surface area contributed by atoms with Crippen molar-refractivity contribution in [2.24, 2.45) is 0 Å². The Labute approximate surface area is 215 Å². The second-order valence-electron chi connectivity index (χ2n) is 7.88. The Bertz CT molecular complexity index is 1600. The van der Waals surface area contributed by atoms with Crippen molar-refractivity contribution in [3.05, 3.63) is 94.6 Å². The molecule has 0 fully saturated rings. The first kappa shape index (κ1) is 23.8. The van der Waals surface area contributed by atoms with Gasteiger partial charge in [-0.05, 0) is 43.3 Å². The Kier molecular flexibility index (Phi) is 6.84. The standard InChI is InChI=1S/C27H22N4O3S2/c1-17(24(32)30-26-28-22(16-35-26)19-12-7-9-15-23(19)34-2)36-27-29-21-14-8-6-13-20(21)25(33)31(27)18-10-4-3-5-11-18/h3-17H,1-2H3,(H,28,30,32). The highest BCUT2D eigenvalue weighted by Gasteiger charge is 2.21. The number of nitrogens with zero attached hydrogens (tertiary/aromatic N) is 3. The average molecular weight is 515 g/mol. The number of benzene rings is 3. The number of amides is 1.